The van der Waals surface area contributed by atoms with Gasteiger partial charge in [-0.2, -0.15) is 0 Å². The Kier molecular flexibility index (Phi) is 4.57. The first-order valence-electron chi connectivity index (χ1n) is 8.68. The van der Waals surface area contributed by atoms with Crippen LogP contribution in [0.25, 0.3) is 16.6 Å². The lowest BCUT2D eigenvalue weighted by Crippen LogP contribution is -2.14. The highest BCUT2D eigenvalue weighted by Crippen LogP contribution is 2.26. The van der Waals surface area contributed by atoms with Gasteiger partial charge in [-0.25, -0.2) is 0 Å². The molecule has 4 aromatic rings. The summed E-state index contributed by atoms with van der Waals surface area (Å²) in [4.78, 5) is 12.2. The van der Waals surface area contributed by atoms with Crippen molar-refractivity contribution in [1.29, 1.82) is 0 Å². The molecule has 0 unspecified atom stereocenters. The first-order chi connectivity index (χ1) is 13.0. The fourth-order valence-electron chi connectivity index (χ4n) is 3.01. The van der Waals surface area contributed by atoms with E-state index in [1.807, 2.05) is 11.3 Å². The SMILES string of the molecule is CCc1ccc2c(c1)cc(C)c1nnc(SCC(=O)Nc3cc(C)on3)n12. The number of benzene rings is 1. The van der Waals surface area contributed by atoms with Crippen molar-refractivity contribution in [2.45, 2.75) is 32.3 Å². The lowest BCUT2D eigenvalue weighted by molar-refractivity contribution is -0.113. The van der Waals surface area contributed by atoms with Crippen LogP contribution in [0.4, 0.5) is 5.82 Å². The van der Waals surface area contributed by atoms with Crippen LogP contribution in [0, 0.1) is 13.8 Å². The highest BCUT2D eigenvalue weighted by molar-refractivity contribution is 7.99. The molecule has 0 radical (unpaired) electrons. The molecule has 3 aromatic heterocycles. The third-order valence-electron chi connectivity index (χ3n) is 4.33. The third kappa shape index (κ3) is 3.40. The topological polar surface area (TPSA) is 85.3 Å². The molecule has 0 atom stereocenters. The minimum absolute atomic E-state index is 0.171. The second-order valence-electron chi connectivity index (χ2n) is 6.38. The Labute approximate surface area is 160 Å². The molecular formula is C19H19N5O2S. The predicted octanol–water partition coefficient (Wildman–Crippen LogP) is 3.78. The summed E-state index contributed by atoms with van der Waals surface area (Å²) >= 11 is 1.34. The van der Waals surface area contributed by atoms with Crippen LogP contribution in [0.1, 0.15) is 23.8 Å². The maximum Gasteiger partial charge on any atom is 0.236 e. The van der Waals surface area contributed by atoms with Crippen molar-refractivity contribution in [2.24, 2.45) is 0 Å². The molecule has 0 spiro atoms. The quantitative estimate of drug-likeness (QED) is 0.530. The Morgan fingerprint density at radius 2 is 2.07 bits per heavy atom. The Morgan fingerprint density at radius 3 is 2.81 bits per heavy atom. The standard InChI is InChI=1S/C19H19N5O2S/c1-4-13-5-6-15-14(9-13)7-11(2)18-21-22-19(24(15)18)27-10-17(25)20-16-8-12(3)26-23-16/h5-9H,4,10H2,1-3H3,(H,20,23,25). The van der Waals surface area contributed by atoms with Crippen LogP contribution >= 0.6 is 11.8 Å². The van der Waals surface area contributed by atoms with Gasteiger partial charge in [-0.05, 0) is 55.0 Å². The van der Waals surface area contributed by atoms with Crippen molar-refractivity contribution in [3.8, 4) is 0 Å². The van der Waals surface area contributed by atoms with Gasteiger partial charge in [0.1, 0.15) is 5.76 Å². The van der Waals surface area contributed by atoms with Crippen LogP contribution in [0.15, 0.2) is 40.0 Å². The number of pyridine rings is 1. The molecule has 0 aliphatic rings. The van der Waals surface area contributed by atoms with E-state index in [1.165, 1.54) is 17.3 Å². The monoisotopic (exact) mass is 381 g/mol. The molecule has 0 fully saturated rings. The van der Waals surface area contributed by atoms with Gasteiger partial charge in [0.2, 0.25) is 5.91 Å². The summed E-state index contributed by atoms with van der Waals surface area (Å²) in [5, 5.41) is 16.9. The first-order valence-corrected chi connectivity index (χ1v) is 9.67. The smallest absolute Gasteiger partial charge is 0.236 e. The predicted molar refractivity (Wildman–Crippen MR) is 105 cm³/mol. The van der Waals surface area contributed by atoms with Crippen molar-refractivity contribution in [3.05, 3.63) is 47.2 Å². The fraction of sp³-hybridized carbons (Fsp3) is 0.263. The van der Waals surface area contributed by atoms with Gasteiger partial charge < -0.3 is 9.84 Å². The second-order valence-corrected chi connectivity index (χ2v) is 7.32. The van der Waals surface area contributed by atoms with Gasteiger partial charge in [0.15, 0.2) is 16.6 Å². The lowest BCUT2D eigenvalue weighted by atomic mass is 10.1. The van der Waals surface area contributed by atoms with Gasteiger partial charge in [-0.3, -0.25) is 9.20 Å². The van der Waals surface area contributed by atoms with E-state index in [0.717, 1.165) is 28.5 Å². The molecular weight excluding hydrogens is 362 g/mol. The van der Waals surface area contributed by atoms with E-state index in [4.69, 9.17) is 4.52 Å². The second kappa shape index (κ2) is 7.03. The van der Waals surface area contributed by atoms with Gasteiger partial charge >= 0.3 is 0 Å². The lowest BCUT2D eigenvalue weighted by Gasteiger charge is -2.08. The zero-order chi connectivity index (χ0) is 19.0. The van der Waals surface area contributed by atoms with Gasteiger partial charge in [-0.1, -0.05) is 29.9 Å². The summed E-state index contributed by atoms with van der Waals surface area (Å²) in [6.45, 7) is 5.94. The van der Waals surface area contributed by atoms with E-state index in [2.05, 4.69) is 51.9 Å². The number of hydrogen-bond donors (Lipinski definition) is 1. The van der Waals surface area contributed by atoms with E-state index in [-0.39, 0.29) is 11.7 Å². The highest BCUT2D eigenvalue weighted by Gasteiger charge is 2.14. The van der Waals surface area contributed by atoms with Crippen LogP contribution in [0.2, 0.25) is 0 Å². The van der Waals surface area contributed by atoms with E-state index in [9.17, 15) is 4.79 Å². The average molecular weight is 381 g/mol. The summed E-state index contributed by atoms with van der Waals surface area (Å²) in [5.74, 6) is 1.09. The molecule has 138 valence electrons. The molecule has 0 saturated carbocycles. The number of rotatable bonds is 5. The van der Waals surface area contributed by atoms with Gasteiger partial charge in [0.25, 0.3) is 0 Å². The molecule has 0 saturated heterocycles. The summed E-state index contributed by atoms with van der Waals surface area (Å²) in [5.41, 5.74) is 4.18. The number of nitrogens with one attached hydrogen (secondary N) is 1. The summed E-state index contributed by atoms with van der Waals surface area (Å²) < 4.78 is 6.97. The van der Waals surface area contributed by atoms with Crippen LogP contribution in [-0.2, 0) is 11.2 Å². The number of carbonyl (C=O) groups excluding carboxylic acids is 1. The number of aryl methyl sites for hydroxylation is 3. The number of carbonyl (C=O) groups is 1. The molecule has 1 aromatic carbocycles. The number of thioether (sulfide) groups is 1. The maximum atomic E-state index is 12.2. The van der Waals surface area contributed by atoms with Crippen molar-refractivity contribution < 1.29 is 9.32 Å². The molecule has 7 nitrogen and oxygen atoms in total. The minimum atomic E-state index is -0.171. The van der Waals surface area contributed by atoms with E-state index < -0.39 is 0 Å². The molecule has 0 bridgehead atoms. The van der Waals surface area contributed by atoms with Crippen molar-refractivity contribution in [1.82, 2.24) is 19.8 Å². The molecule has 0 aliphatic heterocycles. The Hall–Kier alpha value is -2.87. The molecule has 1 amide bonds. The van der Waals surface area contributed by atoms with Crippen LogP contribution in [0.5, 0.6) is 0 Å². The van der Waals surface area contributed by atoms with Crippen LogP contribution in [-0.4, -0.2) is 31.4 Å². The molecule has 3 heterocycles. The zero-order valence-corrected chi connectivity index (χ0v) is 16.1. The number of anilines is 1. The van der Waals surface area contributed by atoms with E-state index in [0.29, 0.717) is 16.7 Å². The molecule has 1 N–H and O–H groups in total. The highest BCUT2D eigenvalue weighted by atomic mass is 32.2. The van der Waals surface area contributed by atoms with Crippen molar-refractivity contribution >= 4 is 40.0 Å². The fourth-order valence-corrected chi connectivity index (χ4v) is 3.76. The Balaban J connectivity index is 1.62. The Bertz CT molecular complexity index is 1150. The van der Waals surface area contributed by atoms with Crippen LogP contribution < -0.4 is 5.32 Å². The molecule has 0 aliphatic carbocycles. The zero-order valence-electron chi connectivity index (χ0n) is 15.3. The number of amides is 1. The average Bonchev–Trinajstić information content (AvgIpc) is 3.26. The van der Waals surface area contributed by atoms with Crippen molar-refractivity contribution in [2.75, 3.05) is 11.1 Å². The number of hydrogen-bond acceptors (Lipinski definition) is 6. The third-order valence-corrected chi connectivity index (χ3v) is 5.26. The van der Waals surface area contributed by atoms with Gasteiger partial charge in [-0.15, -0.1) is 10.2 Å². The summed E-state index contributed by atoms with van der Waals surface area (Å²) in [6, 6.07) is 10.2. The minimum Gasteiger partial charge on any atom is -0.360 e. The van der Waals surface area contributed by atoms with Crippen LogP contribution in [0.3, 0.4) is 0 Å². The number of fused-ring (bicyclic) bond motifs is 3. The largest absolute Gasteiger partial charge is 0.360 e. The molecule has 8 heteroatoms. The van der Waals surface area contributed by atoms with E-state index >= 15 is 0 Å². The Morgan fingerprint density at radius 1 is 1.22 bits per heavy atom. The van der Waals surface area contributed by atoms with Gasteiger partial charge in [0, 0.05) is 6.07 Å². The van der Waals surface area contributed by atoms with Gasteiger partial charge in [0.05, 0.1) is 11.3 Å². The number of nitrogens with zero attached hydrogens (tertiary/aromatic N) is 4. The summed E-state index contributed by atoms with van der Waals surface area (Å²) in [6.07, 6.45) is 0.985. The maximum absolute atomic E-state index is 12.2. The van der Waals surface area contributed by atoms with Crippen molar-refractivity contribution in [3.63, 3.8) is 0 Å². The normalized spacial score (nSPS) is 11.4. The molecule has 4 rings (SSSR count). The first kappa shape index (κ1) is 17.5. The number of aromatic nitrogens is 4. The molecule has 27 heavy (non-hydrogen) atoms. The van der Waals surface area contributed by atoms with E-state index in [1.54, 1.807) is 13.0 Å². The summed E-state index contributed by atoms with van der Waals surface area (Å²) in [7, 11) is 0.